The first-order valence-corrected chi connectivity index (χ1v) is 7.64. The number of nitrogens with zero attached hydrogens (tertiary/aromatic N) is 1. The van der Waals surface area contributed by atoms with E-state index < -0.39 is 0 Å². The Labute approximate surface area is 114 Å². The van der Waals surface area contributed by atoms with E-state index in [-0.39, 0.29) is 0 Å². The molecule has 1 heterocycles. The van der Waals surface area contributed by atoms with Crippen LogP contribution in [0.3, 0.4) is 0 Å². The molecule has 2 unspecified atom stereocenters. The Balaban J connectivity index is 1.87. The van der Waals surface area contributed by atoms with Crippen LogP contribution in [0, 0.1) is 17.8 Å². The molecular formula is C15H21NOS. The first-order chi connectivity index (χ1) is 8.56. The molecule has 3 heteroatoms. The molecule has 2 atom stereocenters. The molecule has 0 spiro atoms. The molecule has 1 aromatic rings. The Morgan fingerprint density at radius 3 is 2.83 bits per heavy atom. The molecule has 98 valence electrons. The predicted molar refractivity (Wildman–Crippen MR) is 75.8 cm³/mol. The summed E-state index contributed by atoms with van der Waals surface area (Å²) >= 11 is 1.63. The van der Waals surface area contributed by atoms with Crippen molar-refractivity contribution in [1.82, 2.24) is 4.98 Å². The van der Waals surface area contributed by atoms with E-state index in [9.17, 15) is 4.79 Å². The highest BCUT2D eigenvalue weighted by molar-refractivity contribution is 8.00. The summed E-state index contributed by atoms with van der Waals surface area (Å²) in [5.74, 6) is 2.59. The maximum Gasteiger partial charge on any atom is 0.146 e. The molecule has 18 heavy (non-hydrogen) atoms. The van der Waals surface area contributed by atoms with Gasteiger partial charge in [0.05, 0.1) is 5.75 Å². The molecule has 1 fully saturated rings. The molecule has 1 aromatic heterocycles. The average molecular weight is 263 g/mol. The molecule has 1 aliphatic rings. The van der Waals surface area contributed by atoms with Gasteiger partial charge in [-0.3, -0.25) is 9.78 Å². The Bertz CT molecular complexity index is 430. The minimum atomic E-state index is 0.337. The first kappa shape index (κ1) is 13.6. The number of hydrogen-bond donors (Lipinski definition) is 0. The molecular weight excluding hydrogens is 242 g/mol. The molecule has 2 nitrogen and oxygen atoms in total. The summed E-state index contributed by atoms with van der Waals surface area (Å²) < 4.78 is 0. The average Bonchev–Trinajstić information content (AvgIpc) is 3.03. The van der Waals surface area contributed by atoms with E-state index in [0.29, 0.717) is 29.3 Å². The summed E-state index contributed by atoms with van der Waals surface area (Å²) in [4.78, 5) is 17.2. The second kappa shape index (κ2) is 5.87. The second-order valence-electron chi connectivity index (χ2n) is 5.70. The van der Waals surface area contributed by atoms with Gasteiger partial charge in [-0.05, 0) is 36.3 Å². The highest BCUT2D eigenvalue weighted by atomic mass is 32.2. The van der Waals surface area contributed by atoms with Crippen LogP contribution in [0.25, 0.3) is 0 Å². The van der Waals surface area contributed by atoms with Crippen LogP contribution in [0.4, 0.5) is 0 Å². The lowest BCUT2D eigenvalue weighted by Crippen LogP contribution is -2.05. The van der Waals surface area contributed by atoms with Gasteiger partial charge in [-0.25, -0.2) is 0 Å². The molecule has 1 aliphatic carbocycles. The van der Waals surface area contributed by atoms with Crippen LogP contribution in [-0.4, -0.2) is 16.5 Å². The number of pyridine rings is 1. The van der Waals surface area contributed by atoms with Crippen LogP contribution in [-0.2, 0) is 11.2 Å². The van der Waals surface area contributed by atoms with Crippen molar-refractivity contribution in [3.63, 3.8) is 0 Å². The second-order valence-corrected chi connectivity index (χ2v) is 6.75. The maximum atomic E-state index is 11.8. The largest absolute Gasteiger partial charge is 0.298 e. The van der Waals surface area contributed by atoms with E-state index >= 15 is 0 Å². The maximum absolute atomic E-state index is 11.8. The van der Waals surface area contributed by atoms with Crippen molar-refractivity contribution in [2.24, 2.45) is 17.8 Å². The topological polar surface area (TPSA) is 30.0 Å². The minimum absolute atomic E-state index is 0.337. The Morgan fingerprint density at radius 2 is 2.22 bits per heavy atom. The van der Waals surface area contributed by atoms with Gasteiger partial charge in [-0.15, -0.1) is 11.8 Å². The van der Waals surface area contributed by atoms with E-state index in [2.05, 4.69) is 31.8 Å². The minimum Gasteiger partial charge on any atom is -0.298 e. The van der Waals surface area contributed by atoms with E-state index in [0.717, 1.165) is 17.7 Å². The molecule has 0 saturated heterocycles. The van der Waals surface area contributed by atoms with Gasteiger partial charge in [0.25, 0.3) is 0 Å². The van der Waals surface area contributed by atoms with Crippen molar-refractivity contribution in [1.29, 1.82) is 0 Å². The molecule has 0 amide bonds. The number of rotatable bonds is 6. The number of carbonyl (C=O) groups excluding carboxylic acids is 1. The van der Waals surface area contributed by atoms with E-state index in [1.807, 2.05) is 12.4 Å². The number of hydrogen-bond acceptors (Lipinski definition) is 3. The third kappa shape index (κ3) is 3.84. The normalized spacial score (nSPS) is 22.2. The number of Topliss-reactive ketones (excluding diaryl/α,β-unsaturated/α-hetero) is 1. The first-order valence-electron chi connectivity index (χ1n) is 6.65. The van der Waals surface area contributed by atoms with Gasteiger partial charge in [0.15, 0.2) is 0 Å². The van der Waals surface area contributed by atoms with Crippen molar-refractivity contribution in [2.45, 2.75) is 38.5 Å². The summed E-state index contributed by atoms with van der Waals surface area (Å²) in [6, 6.07) is 2.17. The van der Waals surface area contributed by atoms with Gasteiger partial charge >= 0.3 is 0 Å². The zero-order valence-electron chi connectivity index (χ0n) is 11.3. The monoisotopic (exact) mass is 263 g/mol. The van der Waals surface area contributed by atoms with Crippen LogP contribution < -0.4 is 0 Å². The zero-order chi connectivity index (χ0) is 13.1. The summed E-state index contributed by atoms with van der Waals surface area (Å²) in [7, 11) is 0. The summed E-state index contributed by atoms with van der Waals surface area (Å²) in [5, 5.41) is 0. The van der Waals surface area contributed by atoms with Crippen LogP contribution in [0.1, 0.15) is 32.8 Å². The molecule has 0 aliphatic heterocycles. The lowest BCUT2D eigenvalue weighted by atomic mass is 10.1. The molecule has 1 saturated carbocycles. The number of thioether (sulfide) groups is 1. The quantitative estimate of drug-likeness (QED) is 0.735. The van der Waals surface area contributed by atoms with E-state index in [1.54, 1.807) is 11.8 Å². The lowest BCUT2D eigenvalue weighted by molar-refractivity contribution is -0.118. The number of carbonyl (C=O) groups is 1. The number of aromatic nitrogens is 1. The predicted octanol–water partition coefficient (Wildman–Crippen LogP) is 3.60. The van der Waals surface area contributed by atoms with Crippen molar-refractivity contribution in [3.8, 4) is 0 Å². The highest BCUT2D eigenvalue weighted by Gasteiger charge is 2.38. The van der Waals surface area contributed by atoms with Crippen molar-refractivity contribution < 1.29 is 4.79 Å². The Kier molecular flexibility index (Phi) is 4.44. The lowest BCUT2D eigenvalue weighted by Gasteiger charge is -2.06. The molecule has 0 radical (unpaired) electrons. The summed E-state index contributed by atoms with van der Waals surface area (Å²) in [6.45, 7) is 6.56. The fraction of sp³-hybridized carbons (Fsp3) is 0.600. The van der Waals surface area contributed by atoms with Crippen LogP contribution in [0.2, 0.25) is 0 Å². The molecule has 2 rings (SSSR count). The van der Waals surface area contributed by atoms with Gasteiger partial charge in [0.2, 0.25) is 0 Å². The van der Waals surface area contributed by atoms with Gasteiger partial charge in [0.1, 0.15) is 5.78 Å². The SMILES string of the molecule is CC(C)Cc1cncc(SCC(=O)C2CC2C)c1. The molecule has 0 bridgehead atoms. The fourth-order valence-corrected chi connectivity index (χ4v) is 3.05. The summed E-state index contributed by atoms with van der Waals surface area (Å²) in [5.41, 5.74) is 1.27. The van der Waals surface area contributed by atoms with Crippen molar-refractivity contribution in [2.75, 3.05) is 5.75 Å². The standard InChI is InChI=1S/C15H21NOS/c1-10(2)4-12-6-13(8-16-7-12)18-9-15(17)14-5-11(14)3/h6-8,10-11,14H,4-5,9H2,1-3H3. The smallest absolute Gasteiger partial charge is 0.146 e. The molecule has 0 aromatic carbocycles. The van der Waals surface area contributed by atoms with E-state index in [4.69, 9.17) is 0 Å². The van der Waals surface area contributed by atoms with Gasteiger partial charge < -0.3 is 0 Å². The Morgan fingerprint density at radius 1 is 1.50 bits per heavy atom. The third-order valence-electron chi connectivity index (χ3n) is 3.32. The van der Waals surface area contributed by atoms with Crippen LogP contribution in [0.15, 0.2) is 23.4 Å². The van der Waals surface area contributed by atoms with Crippen molar-refractivity contribution in [3.05, 3.63) is 24.0 Å². The Hall–Kier alpha value is -0.830. The molecule has 0 N–H and O–H groups in total. The fourth-order valence-electron chi connectivity index (χ4n) is 2.16. The van der Waals surface area contributed by atoms with E-state index in [1.165, 1.54) is 5.56 Å². The highest BCUT2D eigenvalue weighted by Crippen LogP contribution is 2.39. The van der Waals surface area contributed by atoms with Gasteiger partial charge in [-0.2, -0.15) is 0 Å². The van der Waals surface area contributed by atoms with Crippen molar-refractivity contribution >= 4 is 17.5 Å². The van der Waals surface area contributed by atoms with Crippen LogP contribution >= 0.6 is 11.8 Å². The zero-order valence-corrected chi connectivity index (χ0v) is 12.2. The van der Waals surface area contributed by atoms with Gasteiger partial charge in [0, 0.05) is 23.2 Å². The summed E-state index contributed by atoms with van der Waals surface area (Å²) in [6.07, 6.45) is 5.92. The van der Waals surface area contributed by atoms with Gasteiger partial charge in [-0.1, -0.05) is 20.8 Å². The van der Waals surface area contributed by atoms with Crippen LogP contribution in [0.5, 0.6) is 0 Å². The third-order valence-corrected chi connectivity index (χ3v) is 4.30. The number of ketones is 1.